The summed E-state index contributed by atoms with van der Waals surface area (Å²) in [6.45, 7) is -2.76. The van der Waals surface area contributed by atoms with Crippen LogP contribution < -0.4 is 10.5 Å². The highest BCUT2D eigenvalue weighted by Gasteiger charge is 2.34. The second kappa shape index (κ2) is 3.53. The second-order valence-corrected chi connectivity index (χ2v) is 3.45. The number of rotatable bonds is 3. The first-order chi connectivity index (χ1) is 6.66. The molecule has 14 heavy (non-hydrogen) atoms. The zero-order valence-corrected chi connectivity index (χ0v) is 7.49. The number of nitrogens with two attached hydrogens (primary N) is 1. The molecule has 2 atom stereocenters. The summed E-state index contributed by atoms with van der Waals surface area (Å²) < 4.78 is 27.9. The van der Waals surface area contributed by atoms with E-state index in [1.807, 2.05) is 0 Å². The zero-order chi connectivity index (χ0) is 10.1. The van der Waals surface area contributed by atoms with Crippen LogP contribution in [0.4, 0.5) is 8.78 Å². The first-order valence-electron chi connectivity index (χ1n) is 4.47. The van der Waals surface area contributed by atoms with Crippen molar-refractivity contribution < 1.29 is 13.5 Å². The minimum absolute atomic E-state index is 0.193. The Morgan fingerprint density at radius 1 is 1.29 bits per heavy atom. The number of ether oxygens (including phenoxy) is 1. The van der Waals surface area contributed by atoms with Crippen LogP contribution in [-0.4, -0.2) is 12.7 Å². The molecular weight excluding hydrogens is 188 g/mol. The molecule has 1 aromatic carbocycles. The predicted molar refractivity (Wildman–Crippen MR) is 48.4 cm³/mol. The molecule has 2 rings (SSSR count). The molecule has 2 N–H and O–H groups in total. The van der Waals surface area contributed by atoms with E-state index in [4.69, 9.17) is 5.73 Å². The number of benzene rings is 1. The van der Waals surface area contributed by atoms with Gasteiger partial charge in [-0.1, -0.05) is 12.1 Å². The Labute approximate surface area is 80.7 Å². The molecular formula is C10H11F2NO. The van der Waals surface area contributed by atoms with E-state index < -0.39 is 6.61 Å². The van der Waals surface area contributed by atoms with Crippen LogP contribution in [0.1, 0.15) is 17.9 Å². The van der Waals surface area contributed by atoms with Crippen molar-refractivity contribution in [1.29, 1.82) is 0 Å². The van der Waals surface area contributed by atoms with Crippen LogP contribution in [0.25, 0.3) is 0 Å². The van der Waals surface area contributed by atoms with Crippen LogP contribution in [0.5, 0.6) is 5.75 Å². The molecule has 0 saturated heterocycles. The summed E-state index contributed by atoms with van der Waals surface area (Å²) in [5, 5.41) is 0. The van der Waals surface area contributed by atoms with Gasteiger partial charge in [0.05, 0.1) is 0 Å². The quantitative estimate of drug-likeness (QED) is 0.809. The molecule has 0 aromatic heterocycles. The van der Waals surface area contributed by atoms with Crippen molar-refractivity contribution in [2.24, 2.45) is 5.73 Å². The molecule has 0 aliphatic heterocycles. The Balaban J connectivity index is 2.03. The van der Waals surface area contributed by atoms with Crippen LogP contribution in [0.2, 0.25) is 0 Å². The Hall–Kier alpha value is -1.16. The number of halogens is 2. The van der Waals surface area contributed by atoms with Gasteiger partial charge in [0, 0.05) is 12.0 Å². The molecule has 1 aromatic rings. The van der Waals surface area contributed by atoms with Crippen molar-refractivity contribution in [1.82, 2.24) is 0 Å². The minimum Gasteiger partial charge on any atom is -0.435 e. The smallest absolute Gasteiger partial charge is 0.387 e. The van der Waals surface area contributed by atoms with Crippen molar-refractivity contribution >= 4 is 0 Å². The number of hydrogen-bond donors (Lipinski definition) is 1. The van der Waals surface area contributed by atoms with Crippen LogP contribution in [0.3, 0.4) is 0 Å². The monoisotopic (exact) mass is 199 g/mol. The van der Waals surface area contributed by atoms with Crippen LogP contribution in [-0.2, 0) is 0 Å². The second-order valence-electron chi connectivity index (χ2n) is 3.45. The first kappa shape index (κ1) is 9.40. The van der Waals surface area contributed by atoms with Gasteiger partial charge >= 0.3 is 6.61 Å². The molecule has 0 heterocycles. The highest BCUT2D eigenvalue weighted by atomic mass is 19.3. The molecule has 76 valence electrons. The Morgan fingerprint density at radius 2 is 1.86 bits per heavy atom. The van der Waals surface area contributed by atoms with Gasteiger partial charge in [0.2, 0.25) is 0 Å². The van der Waals surface area contributed by atoms with Crippen molar-refractivity contribution in [2.75, 3.05) is 0 Å². The summed E-state index contributed by atoms with van der Waals surface area (Å²) >= 11 is 0. The topological polar surface area (TPSA) is 35.2 Å². The molecule has 0 spiro atoms. The van der Waals surface area contributed by atoms with E-state index in [2.05, 4.69) is 4.74 Å². The third-order valence-electron chi connectivity index (χ3n) is 2.37. The molecule has 1 fully saturated rings. The van der Waals surface area contributed by atoms with Gasteiger partial charge in [0.25, 0.3) is 0 Å². The van der Waals surface area contributed by atoms with Crippen LogP contribution >= 0.6 is 0 Å². The van der Waals surface area contributed by atoms with E-state index in [1.165, 1.54) is 0 Å². The van der Waals surface area contributed by atoms with Gasteiger partial charge in [0.15, 0.2) is 0 Å². The van der Waals surface area contributed by atoms with E-state index in [1.54, 1.807) is 24.3 Å². The molecule has 0 amide bonds. The Kier molecular flexibility index (Phi) is 2.37. The van der Waals surface area contributed by atoms with E-state index in [0.717, 1.165) is 12.0 Å². The lowest BCUT2D eigenvalue weighted by atomic mass is 10.1. The van der Waals surface area contributed by atoms with Gasteiger partial charge in [-0.2, -0.15) is 8.78 Å². The van der Waals surface area contributed by atoms with Crippen molar-refractivity contribution in [2.45, 2.75) is 25.0 Å². The van der Waals surface area contributed by atoms with E-state index in [-0.39, 0.29) is 11.8 Å². The lowest BCUT2D eigenvalue weighted by Crippen LogP contribution is -2.02. The Morgan fingerprint density at radius 3 is 2.29 bits per heavy atom. The average Bonchev–Trinajstić information content (AvgIpc) is 2.83. The fraction of sp³-hybridized carbons (Fsp3) is 0.400. The maximum atomic E-state index is 11.8. The highest BCUT2D eigenvalue weighted by molar-refractivity contribution is 5.33. The largest absolute Gasteiger partial charge is 0.435 e. The first-order valence-corrected chi connectivity index (χ1v) is 4.47. The van der Waals surface area contributed by atoms with Crippen LogP contribution in [0, 0.1) is 0 Å². The number of alkyl halides is 2. The molecule has 1 aliphatic rings. The third-order valence-corrected chi connectivity index (χ3v) is 2.37. The van der Waals surface area contributed by atoms with Crippen molar-refractivity contribution in [3.8, 4) is 5.75 Å². The predicted octanol–water partition coefficient (Wildman–Crippen LogP) is 2.10. The number of hydrogen-bond acceptors (Lipinski definition) is 2. The highest BCUT2D eigenvalue weighted by Crippen LogP contribution is 2.39. The molecule has 0 bridgehead atoms. The average molecular weight is 199 g/mol. The lowest BCUT2D eigenvalue weighted by molar-refractivity contribution is -0.0498. The standard InChI is InChI=1S/C10H11F2NO/c11-10(12)14-7-3-1-6(2-4-7)8-5-9(8)13/h1-4,8-10H,5,13H2/t8-,9+/m0/s1. The SMILES string of the molecule is N[C@@H]1C[C@H]1c1ccc(OC(F)F)cc1. The van der Waals surface area contributed by atoms with E-state index >= 15 is 0 Å². The lowest BCUT2D eigenvalue weighted by Gasteiger charge is -2.04. The van der Waals surface area contributed by atoms with Gasteiger partial charge in [0.1, 0.15) is 5.75 Å². The summed E-state index contributed by atoms with van der Waals surface area (Å²) in [4.78, 5) is 0. The van der Waals surface area contributed by atoms with Crippen molar-refractivity contribution in [3.05, 3.63) is 29.8 Å². The summed E-state index contributed by atoms with van der Waals surface area (Å²) in [6, 6.07) is 6.90. The summed E-state index contributed by atoms with van der Waals surface area (Å²) in [6.07, 6.45) is 0.981. The van der Waals surface area contributed by atoms with E-state index in [9.17, 15) is 8.78 Å². The summed E-state index contributed by atoms with van der Waals surface area (Å²) in [5.74, 6) is 0.591. The van der Waals surface area contributed by atoms with E-state index in [0.29, 0.717) is 5.92 Å². The molecule has 4 heteroatoms. The minimum atomic E-state index is -2.76. The molecule has 2 nitrogen and oxygen atoms in total. The Bertz CT molecular complexity index is 312. The fourth-order valence-corrected chi connectivity index (χ4v) is 1.49. The summed E-state index contributed by atoms with van der Waals surface area (Å²) in [7, 11) is 0. The van der Waals surface area contributed by atoms with Crippen molar-refractivity contribution in [3.63, 3.8) is 0 Å². The molecule has 1 aliphatic carbocycles. The van der Waals surface area contributed by atoms with Gasteiger partial charge in [-0.15, -0.1) is 0 Å². The van der Waals surface area contributed by atoms with Gasteiger partial charge in [-0.25, -0.2) is 0 Å². The maximum Gasteiger partial charge on any atom is 0.387 e. The molecule has 1 saturated carbocycles. The van der Waals surface area contributed by atoms with Crippen LogP contribution in [0.15, 0.2) is 24.3 Å². The van der Waals surface area contributed by atoms with Gasteiger partial charge in [-0.05, 0) is 24.1 Å². The molecule has 0 unspecified atom stereocenters. The maximum absolute atomic E-state index is 11.8. The zero-order valence-electron chi connectivity index (χ0n) is 7.49. The van der Waals surface area contributed by atoms with Gasteiger partial charge < -0.3 is 10.5 Å². The fourth-order valence-electron chi connectivity index (χ4n) is 1.49. The summed E-state index contributed by atoms with van der Waals surface area (Å²) in [5.41, 5.74) is 6.76. The normalized spacial score (nSPS) is 25.1. The molecule has 0 radical (unpaired) electrons. The van der Waals surface area contributed by atoms with Gasteiger partial charge in [-0.3, -0.25) is 0 Å². The third kappa shape index (κ3) is 2.01.